The van der Waals surface area contributed by atoms with Gasteiger partial charge in [0, 0.05) is 23.8 Å². The highest BCUT2D eigenvalue weighted by Gasteiger charge is 2.27. The van der Waals surface area contributed by atoms with Crippen LogP contribution in [-0.4, -0.2) is 59.4 Å². The first kappa shape index (κ1) is 24.9. The summed E-state index contributed by atoms with van der Waals surface area (Å²) in [4.78, 5) is 37.0. The smallest absolute Gasteiger partial charge is 0.407 e. The Balaban J connectivity index is 1.31. The number of ether oxygens (including phenoxy) is 3. The van der Waals surface area contributed by atoms with Crippen LogP contribution in [0.3, 0.4) is 0 Å². The maximum absolute atomic E-state index is 13.2. The first-order chi connectivity index (χ1) is 18.1. The largest absolute Gasteiger partial charge is 0.497 e. The predicted molar refractivity (Wildman–Crippen MR) is 138 cm³/mol. The Labute approximate surface area is 215 Å². The van der Waals surface area contributed by atoms with E-state index < -0.39 is 0 Å². The molecule has 0 spiro atoms. The third-order valence-corrected chi connectivity index (χ3v) is 6.98. The number of amides is 2. The number of hydrogen-bond donors (Lipinski definition) is 3. The van der Waals surface area contributed by atoms with Gasteiger partial charge < -0.3 is 29.8 Å². The van der Waals surface area contributed by atoms with E-state index in [4.69, 9.17) is 14.2 Å². The Hall–Kier alpha value is -3.82. The number of fused-ring (bicyclic) bond motifs is 1. The molecule has 0 radical (unpaired) electrons. The number of aromatic nitrogens is 3. The maximum atomic E-state index is 13.2. The highest BCUT2D eigenvalue weighted by atomic mass is 16.5. The number of benzene rings is 1. The average molecular weight is 508 g/mol. The van der Waals surface area contributed by atoms with Crippen molar-refractivity contribution in [2.24, 2.45) is 5.92 Å². The summed E-state index contributed by atoms with van der Waals surface area (Å²) in [7, 11) is 1.62. The molecule has 196 valence electrons. The van der Waals surface area contributed by atoms with Gasteiger partial charge in [0.15, 0.2) is 0 Å². The minimum Gasteiger partial charge on any atom is -0.497 e. The number of H-pyrrole nitrogens is 1. The molecule has 0 saturated heterocycles. The van der Waals surface area contributed by atoms with E-state index in [-0.39, 0.29) is 24.1 Å². The first-order valence-corrected chi connectivity index (χ1v) is 12.9. The number of carbonyl (C=O) groups excluding carboxylic acids is 2. The highest BCUT2D eigenvalue weighted by Crippen LogP contribution is 2.37. The standard InChI is InChI=1S/C27H33N5O5/c1-3-36-27(34)32-18-8-6-17(7-9-18)31-26(33)21-13-28-25-23(29-15-30-24(21)25)20-12-19(35-2)10-11-22(20)37-14-16-4-5-16/h10-13,15-18,28H,3-9,14H2,1-2H3,(H,31,33)(H,32,34)/t17-,18+. The summed E-state index contributed by atoms with van der Waals surface area (Å²) in [5.41, 5.74) is 3.12. The Morgan fingerprint density at radius 1 is 1.05 bits per heavy atom. The van der Waals surface area contributed by atoms with Gasteiger partial charge in [0.25, 0.3) is 5.91 Å². The summed E-state index contributed by atoms with van der Waals surface area (Å²) < 4.78 is 16.5. The Morgan fingerprint density at radius 2 is 1.81 bits per heavy atom. The van der Waals surface area contributed by atoms with E-state index in [0.717, 1.165) is 37.0 Å². The van der Waals surface area contributed by atoms with Crippen molar-refractivity contribution in [2.45, 2.75) is 57.5 Å². The van der Waals surface area contributed by atoms with Crippen LogP contribution in [0, 0.1) is 5.92 Å². The van der Waals surface area contributed by atoms with Crippen LogP contribution in [0.15, 0.2) is 30.7 Å². The minimum absolute atomic E-state index is 0.0276. The molecule has 37 heavy (non-hydrogen) atoms. The summed E-state index contributed by atoms with van der Waals surface area (Å²) in [6.07, 6.45) is 8.27. The lowest BCUT2D eigenvalue weighted by atomic mass is 9.91. The molecule has 5 rings (SSSR count). The van der Waals surface area contributed by atoms with Crippen molar-refractivity contribution >= 4 is 23.0 Å². The van der Waals surface area contributed by atoms with Crippen LogP contribution in [0.2, 0.25) is 0 Å². The fourth-order valence-electron chi connectivity index (χ4n) is 4.74. The van der Waals surface area contributed by atoms with Gasteiger partial charge in [0.2, 0.25) is 0 Å². The first-order valence-electron chi connectivity index (χ1n) is 12.9. The molecule has 0 aliphatic heterocycles. The summed E-state index contributed by atoms with van der Waals surface area (Å²) in [5.74, 6) is 1.84. The van der Waals surface area contributed by atoms with Crippen molar-refractivity contribution in [2.75, 3.05) is 20.3 Å². The topological polar surface area (TPSA) is 127 Å². The zero-order valence-corrected chi connectivity index (χ0v) is 21.2. The zero-order valence-electron chi connectivity index (χ0n) is 21.2. The number of nitrogens with zero attached hydrogens (tertiary/aromatic N) is 2. The SMILES string of the molecule is CCOC(=O)N[C@H]1CC[C@@H](NC(=O)c2c[nH]c3c(-c4cc(OC)ccc4OCC4CC4)ncnc23)CC1. The molecule has 2 aliphatic rings. The van der Waals surface area contributed by atoms with Crippen LogP contribution in [0.4, 0.5) is 4.79 Å². The minimum atomic E-state index is -0.388. The predicted octanol–water partition coefficient (Wildman–Crippen LogP) is 4.21. The van der Waals surface area contributed by atoms with Gasteiger partial charge in [-0.15, -0.1) is 0 Å². The van der Waals surface area contributed by atoms with Gasteiger partial charge in [-0.3, -0.25) is 4.79 Å². The number of alkyl carbamates (subject to hydrolysis) is 1. The number of methoxy groups -OCH3 is 1. The molecule has 2 aliphatic carbocycles. The Bertz CT molecular complexity index is 1260. The summed E-state index contributed by atoms with van der Waals surface area (Å²) >= 11 is 0. The van der Waals surface area contributed by atoms with Gasteiger partial charge in [-0.25, -0.2) is 14.8 Å². The van der Waals surface area contributed by atoms with Crippen molar-refractivity contribution in [1.82, 2.24) is 25.6 Å². The van der Waals surface area contributed by atoms with Crippen molar-refractivity contribution in [3.05, 3.63) is 36.3 Å². The van der Waals surface area contributed by atoms with Gasteiger partial charge >= 0.3 is 6.09 Å². The number of carbonyl (C=O) groups is 2. The van der Waals surface area contributed by atoms with Crippen molar-refractivity contribution in [1.29, 1.82) is 0 Å². The molecule has 2 amide bonds. The fourth-order valence-corrected chi connectivity index (χ4v) is 4.74. The summed E-state index contributed by atoms with van der Waals surface area (Å²) in [5, 5.41) is 6.02. The molecule has 1 aromatic carbocycles. The van der Waals surface area contributed by atoms with Crippen molar-refractivity contribution in [3.63, 3.8) is 0 Å². The summed E-state index contributed by atoms with van der Waals surface area (Å²) in [6, 6.07) is 5.76. The van der Waals surface area contributed by atoms with E-state index in [1.54, 1.807) is 20.2 Å². The van der Waals surface area contributed by atoms with Gasteiger partial charge in [-0.2, -0.15) is 0 Å². The quantitative estimate of drug-likeness (QED) is 0.396. The number of rotatable bonds is 9. The number of hydrogen-bond acceptors (Lipinski definition) is 7. The van der Waals surface area contributed by atoms with E-state index >= 15 is 0 Å². The average Bonchev–Trinajstić information content (AvgIpc) is 3.64. The van der Waals surface area contributed by atoms with Crippen LogP contribution < -0.4 is 20.1 Å². The maximum Gasteiger partial charge on any atom is 0.407 e. The normalized spacial score (nSPS) is 19.3. The van der Waals surface area contributed by atoms with Crippen LogP contribution in [0.5, 0.6) is 11.5 Å². The molecule has 0 bridgehead atoms. The van der Waals surface area contributed by atoms with E-state index in [1.807, 2.05) is 18.2 Å². The second-order valence-corrected chi connectivity index (χ2v) is 9.65. The molecule has 0 atom stereocenters. The Kier molecular flexibility index (Phi) is 7.43. The van der Waals surface area contributed by atoms with Crippen LogP contribution in [0.25, 0.3) is 22.3 Å². The molecule has 10 nitrogen and oxygen atoms in total. The molecule has 2 saturated carbocycles. The van der Waals surface area contributed by atoms with Gasteiger partial charge in [0.1, 0.15) is 29.0 Å². The van der Waals surface area contributed by atoms with E-state index in [1.165, 1.54) is 19.2 Å². The molecule has 10 heteroatoms. The van der Waals surface area contributed by atoms with Gasteiger partial charge in [0.05, 0.1) is 31.4 Å². The third-order valence-electron chi connectivity index (χ3n) is 6.98. The lowest BCUT2D eigenvalue weighted by molar-refractivity contribution is 0.0923. The van der Waals surface area contributed by atoms with Crippen LogP contribution >= 0.6 is 0 Å². The van der Waals surface area contributed by atoms with Crippen LogP contribution in [0.1, 0.15) is 55.8 Å². The number of aromatic amines is 1. The van der Waals surface area contributed by atoms with Crippen LogP contribution in [-0.2, 0) is 4.74 Å². The summed E-state index contributed by atoms with van der Waals surface area (Å²) in [6.45, 7) is 2.80. The monoisotopic (exact) mass is 507 g/mol. The second kappa shape index (κ2) is 11.1. The molecular weight excluding hydrogens is 474 g/mol. The molecule has 2 aromatic heterocycles. The molecule has 0 unspecified atom stereocenters. The third kappa shape index (κ3) is 5.79. The molecule has 2 heterocycles. The molecule has 3 N–H and O–H groups in total. The van der Waals surface area contributed by atoms with E-state index in [2.05, 4.69) is 25.6 Å². The highest BCUT2D eigenvalue weighted by molar-refractivity contribution is 6.08. The number of nitrogens with one attached hydrogen (secondary N) is 3. The zero-order chi connectivity index (χ0) is 25.8. The molecule has 2 fully saturated rings. The van der Waals surface area contributed by atoms with E-state index in [0.29, 0.717) is 47.2 Å². The lowest BCUT2D eigenvalue weighted by Crippen LogP contribution is -2.43. The molecular formula is C27H33N5O5. The lowest BCUT2D eigenvalue weighted by Gasteiger charge is -2.29. The fraction of sp³-hybridized carbons (Fsp3) is 0.481. The Morgan fingerprint density at radius 3 is 2.51 bits per heavy atom. The van der Waals surface area contributed by atoms with Crippen molar-refractivity contribution < 1.29 is 23.8 Å². The van der Waals surface area contributed by atoms with Crippen molar-refractivity contribution in [3.8, 4) is 22.8 Å². The second-order valence-electron chi connectivity index (χ2n) is 9.65. The van der Waals surface area contributed by atoms with Gasteiger partial charge in [-0.1, -0.05) is 0 Å². The molecule has 3 aromatic rings. The van der Waals surface area contributed by atoms with Gasteiger partial charge in [-0.05, 0) is 69.6 Å². The van der Waals surface area contributed by atoms with E-state index in [9.17, 15) is 9.59 Å².